The van der Waals surface area contributed by atoms with Gasteiger partial charge in [0.05, 0.1) is 27.9 Å². The second-order valence-electron chi connectivity index (χ2n) is 6.14. The van der Waals surface area contributed by atoms with Crippen LogP contribution in [0.3, 0.4) is 0 Å². The Morgan fingerprint density at radius 2 is 1.73 bits per heavy atom. The van der Waals surface area contributed by atoms with Crippen molar-refractivity contribution in [3.05, 3.63) is 17.7 Å². The van der Waals surface area contributed by atoms with Gasteiger partial charge in [0.25, 0.3) is 0 Å². The predicted octanol–water partition coefficient (Wildman–Crippen LogP) is 2.44. The highest BCUT2D eigenvalue weighted by Crippen LogP contribution is 2.39. The molecule has 0 radical (unpaired) electrons. The first-order valence-corrected chi connectivity index (χ1v) is 8.87. The minimum absolute atomic E-state index is 0.539. The Labute approximate surface area is 157 Å². The number of aliphatic imine (C=N–C) groups is 1. The van der Waals surface area contributed by atoms with E-state index < -0.39 is 0 Å². The summed E-state index contributed by atoms with van der Waals surface area (Å²) in [5.41, 5.74) is 0.946. The Bertz CT molecular complexity index is 562. The third-order valence-electron chi connectivity index (χ3n) is 3.83. The fourth-order valence-corrected chi connectivity index (χ4v) is 2.36. The fourth-order valence-electron chi connectivity index (χ4n) is 2.36. The normalized spacial score (nSPS) is 11.4. The molecule has 0 fully saturated rings. The van der Waals surface area contributed by atoms with Crippen molar-refractivity contribution in [3.63, 3.8) is 0 Å². The third kappa shape index (κ3) is 7.00. The van der Waals surface area contributed by atoms with Gasteiger partial charge >= 0.3 is 0 Å². The molecule has 0 amide bonds. The molecule has 0 heterocycles. The van der Waals surface area contributed by atoms with Crippen molar-refractivity contribution in [2.45, 2.75) is 26.8 Å². The molecule has 0 aliphatic carbocycles. The molecule has 0 saturated carbocycles. The van der Waals surface area contributed by atoms with E-state index in [-0.39, 0.29) is 0 Å². The largest absolute Gasteiger partial charge is 0.493 e. The second-order valence-corrected chi connectivity index (χ2v) is 6.14. The van der Waals surface area contributed by atoms with E-state index in [4.69, 9.17) is 18.9 Å². The van der Waals surface area contributed by atoms with Gasteiger partial charge in [-0.25, -0.2) is 0 Å². The van der Waals surface area contributed by atoms with Crippen LogP contribution in [0.5, 0.6) is 17.2 Å². The van der Waals surface area contributed by atoms with Crippen molar-refractivity contribution in [1.82, 2.24) is 10.6 Å². The zero-order valence-electron chi connectivity index (χ0n) is 16.8. The Kier molecular flexibility index (Phi) is 10.3. The fraction of sp³-hybridized carbons (Fsp3) is 0.632. The molecule has 1 aromatic carbocycles. The molecule has 0 aliphatic heterocycles. The molecule has 0 spiro atoms. The minimum Gasteiger partial charge on any atom is -0.493 e. The molecule has 148 valence electrons. The lowest BCUT2D eigenvalue weighted by Crippen LogP contribution is -2.38. The topological polar surface area (TPSA) is 73.3 Å². The smallest absolute Gasteiger partial charge is 0.203 e. The van der Waals surface area contributed by atoms with E-state index in [0.717, 1.165) is 18.6 Å². The first kappa shape index (κ1) is 21.9. The average molecular weight is 367 g/mol. The van der Waals surface area contributed by atoms with Gasteiger partial charge in [-0.3, -0.25) is 4.99 Å². The summed E-state index contributed by atoms with van der Waals surface area (Å²) in [4.78, 5) is 4.22. The molecule has 1 rings (SSSR count). The van der Waals surface area contributed by atoms with Gasteiger partial charge in [-0.05, 0) is 24.5 Å². The Morgan fingerprint density at radius 3 is 2.31 bits per heavy atom. The predicted molar refractivity (Wildman–Crippen MR) is 105 cm³/mol. The van der Waals surface area contributed by atoms with Gasteiger partial charge in [-0.15, -0.1) is 0 Å². The monoisotopic (exact) mass is 367 g/mol. The van der Waals surface area contributed by atoms with Gasteiger partial charge in [-0.1, -0.05) is 13.8 Å². The lowest BCUT2D eigenvalue weighted by atomic mass is 10.1. The average Bonchev–Trinajstić information content (AvgIpc) is 2.65. The van der Waals surface area contributed by atoms with E-state index in [1.807, 2.05) is 12.1 Å². The first-order chi connectivity index (χ1) is 12.6. The van der Waals surface area contributed by atoms with Gasteiger partial charge in [-0.2, -0.15) is 0 Å². The number of guanidine groups is 1. The highest BCUT2D eigenvalue weighted by molar-refractivity contribution is 5.79. The molecule has 0 aliphatic rings. The summed E-state index contributed by atoms with van der Waals surface area (Å²) in [6.07, 6.45) is 1.08. The van der Waals surface area contributed by atoms with E-state index >= 15 is 0 Å². The lowest BCUT2D eigenvalue weighted by molar-refractivity contribution is 0.128. The molecule has 1 aromatic rings. The molecule has 0 atom stereocenters. The molecule has 0 saturated heterocycles. The quantitative estimate of drug-likeness (QED) is 0.356. The van der Waals surface area contributed by atoms with Crippen LogP contribution in [0.25, 0.3) is 0 Å². The van der Waals surface area contributed by atoms with Crippen molar-refractivity contribution >= 4 is 5.96 Å². The summed E-state index contributed by atoms with van der Waals surface area (Å²) in [6.45, 7) is 7.05. The van der Waals surface area contributed by atoms with E-state index in [0.29, 0.717) is 48.8 Å². The van der Waals surface area contributed by atoms with Gasteiger partial charge in [0.2, 0.25) is 5.75 Å². The first-order valence-electron chi connectivity index (χ1n) is 8.87. The zero-order valence-corrected chi connectivity index (χ0v) is 16.8. The minimum atomic E-state index is 0.539. The summed E-state index contributed by atoms with van der Waals surface area (Å²) >= 11 is 0. The van der Waals surface area contributed by atoms with E-state index in [1.165, 1.54) is 0 Å². The van der Waals surface area contributed by atoms with Crippen molar-refractivity contribution in [2.75, 3.05) is 48.1 Å². The van der Waals surface area contributed by atoms with Crippen LogP contribution >= 0.6 is 0 Å². The van der Waals surface area contributed by atoms with Crippen LogP contribution in [0, 0.1) is 5.92 Å². The van der Waals surface area contributed by atoms with E-state index in [1.54, 1.807) is 28.4 Å². The number of methoxy groups -OCH3 is 3. The highest BCUT2D eigenvalue weighted by atomic mass is 16.5. The molecule has 26 heavy (non-hydrogen) atoms. The number of ether oxygens (including phenoxy) is 4. The maximum atomic E-state index is 5.60. The van der Waals surface area contributed by atoms with Gasteiger partial charge < -0.3 is 29.6 Å². The Hall–Kier alpha value is -2.15. The van der Waals surface area contributed by atoms with Crippen LogP contribution in [-0.4, -0.2) is 54.1 Å². The van der Waals surface area contributed by atoms with Crippen LogP contribution in [-0.2, 0) is 11.3 Å². The van der Waals surface area contributed by atoms with Gasteiger partial charge in [0, 0.05) is 32.3 Å². The molecule has 2 N–H and O–H groups in total. The molecular formula is C19H33N3O4. The number of nitrogens with one attached hydrogen (secondary N) is 2. The Morgan fingerprint density at radius 1 is 1.00 bits per heavy atom. The van der Waals surface area contributed by atoms with Gasteiger partial charge in [0.15, 0.2) is 17.5 Å². The van der Waals surface area contributed by atoms with E-state index in [2.05, 4.69) is 29.5 Å². The second kappa shape index (κ2) is 12.2. The number of nitrogens with zero attached hydrogens (tertiary/aromatic N) is 1. The Balaban J connectivity index is 2.53. The van der Waals surface area contributed by atoms with Crippen molar-refractivity contribution in [1.29, 1.82) is 0 Å². The summed E-state index contributed by atoms with van der Waals surface area (Å²) in [6, 6.07) is 3.80. The maximum Gasteiger partial charge on any atom is 0.203 e. The van der Waals surface area contributed by atoms with Crippen LogP contribution in [0.2, 0.25) is 0 Å². The molecular weight excluding hydrogens is 334 g/mol. The molecule has 0 aromatic heterocycles. The van der Waals surface area contributed by atoms with Crippen molar-refractivity contribution < 1.29 is 18.9 Å². The summed E-state index contributed by atoms with van der Waals surface area (Å²) in [7, 11) is 6.55. The van der Waals surface area contributed by atoms with Crippen LogP contribution in [0.15, 0.2) is 17.1 Å². The molecule has 0 unspecified atom stereocenters. The maximum absolute atomic E-state index is 5.60. The number of rotatable bonds is 11. The SMILES string of the molecule is CN=C(NCCOCCC(C)C)NCc1ccc(OC)c(OC)c1OC. The number of hydrogen-bond acceptors (Lipinski definition) is 5. The van der Waals surface area contributed by atoms with Crippen molar-refractivity contribution in [3.8, 4) is 17.2 Å². The number of hydrogen-bond donors (Lipinski definition) is 2. The summed E-state index contributed by atoms with van der Waals surface area (Å²) < 4.78 is 21.8. The van der Waals surface area contributed by atoms with Gasteiger partial charge in [0.1, 0.15) is 0 Å². The van der Waals surface area contributed by atoms with E-state index in [9.17, 15) is 0 Å². The summed E-state index contributed by atoms with van der Waals surface area (Å²) in [5, 5.41) is 6.50. The van der Waals surface area contributed by atoms with Crippen LogP contribution in [0.1, 0.15) is 25.8 Å². The molecule has 7 heteroatoms. The highest BCUT2D eigenvalue weighted by Gasteiger charge is 2.15. The zero-order chi connectivity index (χ0) is 19.4. The van der Waals surface area contributed by atoms with Crippen LogP contribution in [0.4, 0.5) is 0 Å². The van der Waals surface area contributed by atoms with Crippen molar-refractivity contribution in [2.24, 2.45) is 10.9 Å². The standard InChI is InChI=1S/C19H33N3O4/c1-14(2)9-11-26-12-10-21-19(20-3)22-13-15-7-8-16(23-4)18(25-6)17(15)24-5/h7-8,14H,9-13H2,1-6H3,(H2,20,21,22). The lowest BCUT2D eigenvalue weighted by Gasteiger charge is -2.17. The summed E-state index contributed by atoms with van der Waals surface area (Å²) in [5.74, 6) is 3.22. The number of benzene rings is 1. The van der Waals surface area contributed by atoms with Crippen LogP contribution < -0.4 is 24.8 Å². The molecule has 7 nitrogen and oxygen atoms in total. The third-order valence-corrected chi connectivity index (χ3v) is 3.83. The molecule has 0 bridgehead atoms.